The summed E-state index contributed by atoms with van der Waals surface area (Å²) >= 11 is 0.828. The Balaban J connectivity index is 1.22. The summed E-state index contributed by atoms with van der Waals surface area (Å²) in [5.74, 6) is -11.4. The topological polar surface area (TPSA) is 286 Å². The van der Waals surface area contributed by atoms with Gasteiger partial charge in [0.1, 0.15) is 24.5 Å². The highest BCUT2D eigenvalue weighted by atomic mass is 32.1. The van der Waals surface area contributed by atoms with Gasteiger partial charge in [0.05, 0.1) is 19.3 Å². The minimum atomic E-state index is -3.36. The number of aromatic hydroxyl groups is 1. The van der Waals surface area contributed by atoms with E-state index in [1.807, 2.05) is 0 Å². The van der Waals surface area contributed by atoms with Crippen LogP contribution in [0.4, 0.5) is 13.9 Å². The second-order valence-corrected chi connectivity index (χ2v) is 12.0. The molecule has 5 heterocycles. The Hall–Kier alpha value is -5.71. The van der Waals surface area contributed by atoms with E-state index in [-0.39, 0.29) is 28.1 Å². The predicted molar refractivity (Wildman–Crippen MR) is 148 cm³/mol. The first kappa shape index (κ1) is 32.2. The van der Waals surface area contributed by atoms with Crippen LogP contribution in [0.5, 0.6) is 5.75 Å². The Bertz CT molecular complexity index is 1920. The van der Waals surface area contributed by atoms with E-state index in [2.05, 4.69) is 15.5 Å². The molecule has 20 nitrogen and oxygen atoms in total. The number of carbonyl (C=O) groups excluding carboxylic acids is 3. The number of nitrogens with zero attached hydrogens (tertiary/aromatic N) is 5. The van der Waals surface area contributed by atoms with Gasteiger partial charge in [0.25, 0.3) is 17.7 Å². The molecule has 3 aliphatic heterocycles. The summed E-state index contributed by atoms with van der Waals surface area (Å²) in [4.78, 5) is 89.8. The molecule has 0 spiro atoms. The van der Waals surface area contributed by atoms with E-state index in [4.69, 9.17) is 20.1 Å². The number of thiazole rings is 1. The van der Waals surface area contributed by atoms with E-state index >= 15 is 0 Å². The second kappa shape index (κ2) is 10.9. The molecule has 254 valence electrons. The quantitative estimate of drug-likeness (QED) is 0.0708. The Kier molecular flexibility index (Phi) is 7.34. The van der Waals surface area contributed by atoms with Crippen LogP contribution in [0.3, 0.4) is 0 Å². The molecular formula is C25H22F2N7O13S+. The van der Waals surface area contributed by atoms with E-state index in [9.17, 15) is 58.0 Å². The number of halogens is 2. The van der Waals surface area contributed by atoms with Crippen LogP contribution in [-0.4, -0.2) is 117 Å². The number of alkyl halides is 2. The number of anilines is 1. The van der Waals surface area contributed by atoms with Gasteiger partial charge >= 0.3 is 29.7 Å². The first-order valence-electron chi connectivity index (χ1n) is 13.6. The summed E-state index contributed by atoms with van der Waals surface area (Å²) in [6.07, 6.45) is -2.41. The Morgan fingerprint density at radius 2 is 1.90 bits per heavy atom. The molecule has 2 aromatic rings. The fourth-order valence-corrected chi connectivity index (χ4v) is 6.06. The predicted octanol–water partition coefficient (Wildman–Crippen LogP) is -2.09. The highest BCUT2D eigenvalue weighted by molar-refractivity contribution is 7.13. The Morgan fingerprint density at radius 3 is 2.50 bits per heavy atom. The fourth-order valence-electron chi connectivity index (χ4n) is 5.52. The smallest absolute Gasteiger partial charge is 0.455 e. The number of hydrogen-bond donors (Lipinski definition) is 6. The number of ether oxygens (including phenoxy) is 1. The van der Waals surface area contributed by atoms with Gasteiger partial charge in [-0.2, -0.15) is 9.63 Å². The van der Waals surface area contributed by atoms with Gasteiger partial charge in [0.2, 0.25) is 22.8 Å². The third-order valence-corrected chi connectivity index (χ3v) is 8.58. The maximum atomic E-state index is 13.6. The molecule has 0 bridgehead atoms. The third-order valence-electron chi connectivity index (χ3n) is 7.91. The molecule has 3 atom stereocenters. The van der Waals surface area contributed by atoms with Crippen molar-refractivity contribution in [3.63, 3.8) is 0 Å². The van der Waals surface area contributed by atoms with Crippen molar-refractivity contribution in [2.45, 2.75) is 55.1 Å². The van der Waals surface area contributed by atoms with E-state index in [1.165, 1.54) is 5.38 Å². The first-order valence-corrected chi connectivity index (χ1v) is 14.5. The van der Waals surface area contributed by atoms with Crippen LogP contribution in [-0.2, 0) is 44.9 Å². The van der Waals surface area contributed by atoms with Gasteiger partial charge in [-0.3, -0.25) is 19.2 Å². The number of nitrogens with one attached hydrogen (secondary N) is 1. The molecule has 4 aliphatic rings. The number of oxime groups is 1. The summed E-state index contributed by atoms with van der Waals surface area (Å²) in [6, 6.07) is -2.88. The zero-order chi connectivity index (χ0) is 34.9. The number of carbonyl (C=O) groups is 5. The normalized spacial score (nSPS) is 25.8. The summed E-state index contributed by atoms with van der Waals surface area (Å²) in [6.45, 7) is -1.01. The molecule has 48 heavy (non-hydrogen) atoms. The van der Waals surface area contributed by atoms with E-state index in [0.29, 0.717) is 0 Å². The molecule has 2 saturated heterocycles. The molecule has 1 saturated carbocycles. The number of aliphatic hydroxyl groups excluding tert-OH is 1. The number of carboxylic acids is 2. The highest BCUT2D eigenvalue weighted by Crippen LogP contribution is 2.48. The summed E-state index contributed by atoms with van der Waals surface area (Å²) < 4.78 is 34.2. The zero-order valence-corrected chi connectivity index (χ0v) is 24.7. The van der Waals surface area contributed by atoms with Gasteiger partial charge in [-0.15, -0.1) is 11.3 Å². The number of aliphatic carboxylic acids is 2. The van der Waals surface area contributed by atoms with Crippen LogP contribution in [0.1, 0.15) is 30.7 Å². The molecule has 3 fully saturated rings. The van der Waals surface area contributed by atoms with Crippen molar-refractivity contribution < 1.29 is 72.2 Å². The van der Waals surface area contributed by atoms with Gasteiger partial charge in [-0.1, -0.05) is 5.16 Å². The fraction of sp³-hybridized carbons (Fsp3) is 0.400. The molecule has 2 unspecified atom stereocenters. The summed E-state index contributed by atoms with van der Waals surface area (Å²) in [5, 5.41) is 47.0. The number of nitrogen functional groups attached to an aromatic ring is 1. The lowest BCUT2D eigenvalue weighted by Gasteiger charge is -2.41. The van der Waals surface area contributed by atoms with Gasteiger partial charge in [0, 0.05) is 11.4 Å². The summed E-state index contributed by atoms with van der Waals surface area (Å²) in [5.41, 5.74) is -1.35. The monoisotopic (exact) mass is 698 g/mol. The lowest BCUT2D eigenvalue weighted by molar-refractivity contribution is -0.570. The molecule has 7 N–H and O–H groups in total. The average molecular weight is 699 g/mol. The lowest BCUT2D eigenvalue weighted by atomic mass is 9.76. The third kappa shape index (κ3) is 5.11. The van der Waals surface area contributed by atoms with Crippen LogP contribution in [0.2, 0.25) is 0 Å². The maximum absolute atomic E-state index is 13.6. The van der Waals surface area contributed by atoms with Crippen molar-refractivity contribution in [1.82, 2.24) is 19.9 Å². The van der Waals surface area contributed by atoms with Crippen molar-refractivity contribution in [2.24, 2.45) is 5.16 Å². The van der Waals surface area contributed by atoms with Crippen LogP contribution in [0.25, 0.3) is 0 Å². The van der Waals surface area contributed by atoms with Crippen molar-refractivity contribution in [1.29, 1.82) is 0 Å². The number of aliphatic hydroxyl groups is 1. The number of carboxylic acid groups (broad SMARTS) is 2. The molecule has 2 amide bonds. The van der Waals surface area contributed by atoms with Crippen molar-refractivity contribution >= 4 is 57.9 Å². The molecule has 2 aromatic heterocycles. The van der Waals surface area contributed by atoms with Crippen LogP contribution < -0.4 is 16.5 Å². The van der Waals surface area contributed by atoms with Gasteiger partial charge in [0.15, 0.2) is 23.1 Å². The highest BCUT2D eigenvalue weighted by Gasteiger charge is 2.66. The number of nitrogens with two attached hydrogens (primary N) is 1. The lowest BCUT2D eigenvalue weighted by Crippen LogP contribution is -2.58. The number of amides is 2. The minimum Gasteiger partial charge on any atom is -0.502 e. The molecule has 0 aromatic carbocycles. The van der Waals surface area contributed by atoms with E-state index < -0.39 is 108 Å². The van der Waals surface area contributed by atoms with Crippen LogP contribution >= 0.6 is 11.3 Å². The second-order valence-electron chi connectivity index (χ2n) is 11.1. The van der Waals surface area contributed by atoms with E-state index in [1.54, 1.807) is 0 Å². The Labute approximate surface area is 267 Å². The van der Waals surface area contributed by atoms with Crippen molar-refractivity contribution in [3.05, 3.63) is 39.3 Å². The standard InChI is InChI=1S/C25H21F2N7O13S/c26-24(27)7-23(8-24,19(40)41)47-31-15(11-6-48-21(28)30-11)16(37)29-10-5-45-34(17(10)38)25(20(42)43)2-12(18(39)46-25)33-3-9-1-13(35)14(36)4-32(9)22(33)44/h1,4,6,10,12H,2-3,5,7-8H2,(H6,28,29,30,36,37,40,41,42,43)/p+1/b31-15-/t10-,12?,25?/m0/s1. The van der Waals surface area contributed by atoms with Gasteiger partial charge in [-0.05, 0) is 0 Å². The largest absolute Gasteiger partial charge is 0.502 e. The SMILES string of the molecule is Nc1nc(/C(=N/OC2(C(=O)O)CC(F)(F)C2)C(=O)N[C@H]2CON(C3(C(=O)O)CC([N+]4=C(O)n5cc(O)c(=O)cc5C4)C(=O)O3)C2=O)cs1. The van der Waals surface area contributed by atoms with Crippen molar-refractivity contribution in [2.75, 3.05) is 12.3 Å². The average Bonchev–Trinajstić information content (AvgIpc) is 3.74. The van der Waals surface area contributed by atoms with Crippen LogP contribution in [0, 0.1) is 0 Å². The molecule has 23 heteroatoms. The number of fused-ring (bicyclic) bond motifs is 1. The summed E-state index contributed by atoms with van der Waals surface area (Å²) in [7, 11) is 0. The minimum absolute atomic E-state index is 0.0749. The van der Waals surface area contributed by atoms with Crippen LogP contribution in [0.15, 0.2) is 27.6 Å². The molecule has 1 aliphatic carbocycles. The number of hydrogen-bond acceptors (Lipinski definition) is 14. The molecule has 0 radical (unpaired) electrons. The molecular weight excluding hydrogens is 676 g/mol. The number of aromatic nitrogens is 2. The number of pyridine rings is 1. The van der Waals surface area contributed by atoms with Gasteiger partial charge in [-0.25, -0.2) is 32.7 Å². The first-order chi connectivity index (χ1) is 22.5. The number of rotatable bonds is 9. The maximum Gasteiger partial charge on any atom is 0.455 e. The molecule has 6 rings (SSSR count). The van der Waals surface area contributed by atoms with Gasteiger partial charge < -0.3 is 41.1 Å². The van der Waals surface area contributed by atoms with E-state index in [0.717, 1.165) is 32.7 Å². The number of hydroxylamine groups is 2. The number of esters is 1. The zero-order valence-electron chi connectivity index (χ0n) is 23.9. The number of cyclic esters (lactones) is 1. The Morgan fingerprint density at radius 1 is 1.19 bits per heavy atom. The van der Waals surface area contributed by atoms with Crippen molar-refractivity contribution in [3.8, 4) is 5.75 Å².